The van der Waals surface area contributed by atoms with Gasteiger partial charge in [0.15, 0.2) is 0 Å². The molecule has 0 atom stereocenters. The monoisotopic (exact) mass is 250 g/mol. The van der Waals surface area contributed by atoms with Crippen molar-refractivity contribution in [3.8, 4) is 0 Å². The normalized spacial score (nSPS) is 11.9. The van der Waals surface area contributed by atoms with Crippen molar-refractivity contribution in [2.45, 2.75) is 27.2 Å². The minimum Gasteiger partial charge on any atom is -0.369 e. The van der Waals surface area contributed by atoms with Gasteiger partial charge < -0.3 is 11.1 Å². The zero-order valence-electron chi connectivity index (χ0n) is 10.4. The highest BCUT2D eigenvalue weighted by Crippen LogP contribution is 2.27. The molecule has 0 fully saturated rings. The van der Waals surface area contributed by atoms with Gasteiger partial charge in [-0.15, -0.1) is 11.3 Å². The van der Waals surface area contributed by atoms with Crippen LogP contribution in [0.3, 0.4) is 0 Å². The Balaban J connectivity index is 2.26. The van der Waals surface area contributed by atoms with Crippen LogP contribution in [0.1, 0.15) is 27.2 Å². The summed E-state index contributed by atoms with van der Waals surface area (Å²) in [6.07, 6.45) is 1.12. The molecule has 92 valence electrons. The van der Waals surface area contributed by atoms with Crippen molar-refractivity contribution in [1.82, 2.24) is 9.97 Å². The molecule has 4 nitrogen and oxygen atoms in total. The predicted octanol–water partition coefficient (Wildman–Crippen LogP) is 3.12. The molecule has 0 aromatic carbocycles. The van der Waals surface area contributed by atoms with E-state index in [1.165, 1.54) is 0 Å². The van der Waals surface area contributed by atoms with E-state index in [2.05, 4.69) is 36.1 Å². The Kier molecular flexibility index (Phi) is 3.19. The highest BCUT2D eigenvalue weighted by Gasteiger charge is 2.16. The van der Waals surface area contributed by atoms with Crippen LogP contribution < -0.4 is 11.1 Å². The molecular weight excluding hydrogens is 232 g/mol. The third kappa shape index (κ3) is 2.66. The van der Waals surface area contributed by atoms with Crippen molar-refractivity contribution in [2.24, 2.45) is 5.41 Å². The molecule has 3 N–H and O–H groups in total. The number of nitrogens with zero attached hydrogens (tertiary/aromatic N) is 2. The summed E-state index contributed by atoms with van der Waals surface area (Å²) in [5.74, 6) is 1.17. The van der Waals surface area contributed by atoms with Crippen molar-refractivity contribution < 1.29 is 0 Å². The number of nitrogens with one attached hydrogen (secondary N) is 1. The fourth-order valence-electron chi connectivity index (χ4n) is 1.45. The second-order valence-electron chi connectivity index (χ2n) is 4.94. The standard InChI is InChI=1S/C12H18N4S/c1-4-12(2,3)7-14-9-8-5-6-17-10(8)16-11(13)15-9/h5-6H,4,7H2,1-3H3,(H3,13,14,15,16). The summed E-state index contributed by atoms with van der Waals surface area (Å²) in [5.41, 5.74) is 5.95. The lowest BCUT2D eigenvalue weighted by Gasteiger charge is -2.23. The molecule has 0 unspecified atom stereocenters. The average molecular weight is 250 g/mol. The van der Waals surface area contributed by atoms with Crippen LogP contribution in [0, 0.1) is 5.41 Å². The number of hydrogen-bond acceptors (Lipinski definition) is 5. The van der Waals surface area contributed by atoms with Gasteiger partial charge in [-0.1, -0.05) is 20.8 Å². The number of nitrogens with two attached hydrogens (primary N) is 1. The first kappa shape index (κ1) is 12.1. The van der Waals surface area contributed by atoms with Crippen LogP contribution in [0.25, 0.3) is 10.2 Å². The SMILES string of the molecule is CCC(C)(C)CNc1nc(N)nc2sccc12. The molecule has 0 saturated heterocycles. The summed E-state index contributed by atoms with van der Waals surface area (Å²) in [6, 6.07) is 2.03. The number of anilines is 2. The lowest BCUT2D eigenvalue weighted by Crippen LogP contribution is -2.22. The molecule has 0 radical (unpaired) electrons. The van der Waals surface area contributed by atoms with E-state index in [4.69, 9.17) is 5.73 Å². The molecule has 0 amide bonds. The van der Waals surface area contributed by atoms with Gasteiger partial charge in [-0.25, -0.2) is 4.98 Å². The van der Waals surface area contributed by atoms with E-state index in [1.807, 2.05) is 11.4 Å². The first-order valence-electron chi connectivity index (χ1n) is 5.76. The molecule has 2 aromatic rings. The summed E-state index contributed by atoms with van der Waals surface area (Å²) in [5, 5.41) is 6.44. The highest BCUT2D eigenvalue weighted by molar-refractivity contribution is 7.16. The van der Waals surface area contributed by atoms with Gasteiger partial charge in [0, 0.05) is 6.54 Å². The molecular formula is C12H18N4S. The van der Waals surface area contributed by atoms with Crippen LogP contribution in [0.5, 0.6) is 0 Å². The summed E-state index contributed by atoms with van der Waals surface area (Å²) in [7, 11) is 0. The van der Waals surface area contributed by atoms with Crippen LogP contribution in [-0.4, -0.2) is 16.5 Å². The highest BCUT2D eigenvalue weighted by atomic mass is 32.1. The molecule has 0 spiro atoms. The van der Waals surface area contributed by atoms with Crippen molar-refractivity contribution in [3.63, 3.8) is 0 Å². The fourth-order valence-corrected chi connectivity index (χ4v) is 2.23. The first-order chi connectivity index (χ1) is 8.02. The van der Waals surface area contributed by atoms with Gasteiger partial charge in [0.05, 0.1) is 5.39 Å². The van der Waals surface area contributed by atoms with E-state index in [0.29, 0.717) is 5.95 Å². The van der Waals surface area contributed by atoms with Crippen LogP contribution >= 0.6 is 11.3 Å². The third-order valence-corrected chi connectivity index (χ3v) is 3.84. The Morgan fingerprint density at radius 3 is 2.88 bits per heavy atom. The summed E-state index contributed by atoms with van der Waals surface area (Å²) in [4.78, 5) is 9.42. The molecule has 0 bridgehead atoms. The summed E-state index contributed by atoms with van der Waals surface area (Å²) in [6.45, 7) is 7.53. The van der Waals surface area contributed by atoms with E-state index in [0.717, 1.165) is 29.0 Å². The largest absolute Gasteiger partial charge is 0.369 e. The predicted molar refractivity (Wildman–Crippen MR) is 74.4 cm³/mol. The third-order valence-electron chi connectivity index (χ3n) is 3.03. The summed E-state index contributed by atoms with van der Waals surface area (Å²) < 4.78 is 0. The Morgan fingerprint density at radius 1 is 1.41 bits per heavy atom. The van der Waals surface area contributed by atoms with E-state index < -0.39 is 0 Å². The van der Waals surface area contributed by atoms with Gasteiger partial charge in [0.1, 0.15) is 10.6 Å². The molecule has 17 heavy (non-hydrogen) atoms. The Labute approximate surface area is 105 Å². The molecule has 2 rings (SSSR count). The lowest BCUT2D eigenvalue weighted by molar-refractivity contribution is 0.376. The van der Waals surface area contributed by atoms with Crippen LogP contribution in [0.15, 0.2) is 11.4 Å². The maximum atomic E-state index is 5.70. The number of nitrogen functional groups attached to an aromatic ring is 1. The van der Waals surface area contributed by atoms with E-state index in [1.54, 1.807) is 11.3 Å². The first-order valence-corrected chi connectivity index (χ1v) is 6.64. The molecule has 2 aromatic heterocycles. The second-order valence-corrected chi connectivity index (χ2v) is 5.84. The zero-order chi connectivity index (χ0) is 12.5. The molecule has 0 aliphatic carbocycles. The topological polar surface area (TPSA) is 63.8 Å². The molecule has 0 aliphatic heterocycles. The minimum absolute atomic E-state index is 0.252. The second kappa shape index (κ2) is 4.49. The number of fused-ring (bicyclic) bond motifs is 1. The smallest absolute Gasteiger partial charge is 0.223 e. The van der Waals surface area contributed by atoms with Crippen LogP contribution in [0.4, 0.5) is 11.8 Å². The van der Waals surface area contributed by atoms with Crippen LogP contribution in [0.2, 0.25) is 0 Å². The van der Waals surface area contributed by atoms with Gasteiger partial charge in [0.25, 0.3) is 0 Å². The van der Waals surface area contributed by atoms with Crippen molar-refractivity contribution >= 4 is 33.3 Å². The van der Waals surface area contributed by atoms with Gasteiger partial charge in [-0.3, -0.25) is 0 Å². The maximum absolute atomic E-state index is 5.70. The van der Waals surface area contributed by atoms with Crippen molar-refractivity contribution in [1.29, 1.82) is 0 Å². The number of rotatable bonds is 4. The molecule has 5 heteroatoms. The fraction of sp³-hybridized carbons (Fsp3) is 0.500. The molecule has 0 aliphatic rings. The van der Waals surface area contributed by atoms with E-state index in [-0.39, 0.29) is 5.41 Å². The van der Waals surface area contributed by atoms with Gasteiger partial charge >= 0.3 is 0 Å². The molecule has 2 heterocycles. The Morgan fingerprint density at radius 2 is 2.18 bits per heavy atom. The van der Waals surface area contributed by atoms with Crippen molar-refractivity contribution in [2.75, 3.05) is 17.6 Å². The maximum Gasteiger partial charge on any atom is 0.223 e. The lowest BCUT2D eigenvalue weighted by atomic mass is 9.90. The molecule has 0 saturated carbocycles. The zero-order valence-corrected chi connectivity index (χ0v) is 11.3. The van der Waals surface area contributed by atoms with E-state index in [9.17, 15) is 0 Å². The van der Waals surface area contributed by atoms with Gasteiger partial charge in [-0.05, 0) is 23.3 Å². The number of aromatic nitrogens is 2. The Bertz CT molecular complexity index is 518. The summed E-state index contributed by atoms with van der Waals surface area (Å²) >= 11 is 1.58. The minimum atomic E-state index is 0.252. The van der Waals surface area contributed by atoms with Gasteiger partial charge in [0.2, 0.25) is 5.95 Å². The van der Waals surface area contributed by atoms with E-state index >= 15 is 0 Å². The van der Waals surface area contributed by atoms with Gasteiger partial charge in [-0.2, -0.15) is 4.98 Å². The number of thiophene rings is 1. The Hall–Kier alpha value is -1.36. The van der Waals surface area contributed by atoms with Crippen molar-refractivity contribution in [3.05, 3.63) is 11.4 Å². The van der Waals surface area contributed by atoms with Crippen LogP contribution in [-0.2, 0) is 0 Å². The average Bonchev–Trinajstić information content (AvgIpc) is 2.73. The number of hydrogen-bond donors (Lipinski definition) is 2. The quantitative estimate of drug-likeness (QED) is 0.875.